The summed E-state index contributed by atoms with van der Waals surface area (Å²) in [6.45, 7) is 17.6. The number of thiazole rings is 1. The predicted octanol–water partition coefficient (Wildman–Crippen LogP) is 7.14. The van der Waals surface area contributed by atoms with Gasteiger partial charge in [0.1, 0.15) is 10.7 Å². The van der Waals surface area contributed by atoms with E-state index in [-0.39, 0.29) is 41.9 Å². The molecule has 1 aromatic carbocycles. The number of hydrogen-bond donors (Lipinski definition) is 5. The van der Waals surface area contributed by atoms with Crippen molar-refractivity contribution in [2.75, 3.05) is 25.4 Å². The Morgan fingerprint density at radius 1 is 1.09 bits per heavy atom. The highest BCUT2D eigenvalue weighted by molar-refractivity contribution is 7.09. The van der Waals surface area contributed by atoms with Gasteiger partial charge in [-0.1, -0.05) is 78.9 Å². The van der Waals surface area contributed by atoms with Gasteiger partial charge in [0.2, 0.25) is 5.91 Å². The lowest BCUT2D eigenvalue weighted by atomic mass is 9.84. The molecule has 1 unspecified atom stereocenters. The molecule has 6 atom stereocenters. The summed E-state index contributed by atoms with van der Waals surface area (Å²) in [7, 11) is 0. The summed E-state index contributed by atoms with van der Waals surface area (Å²) >= 11 is 1.24. The first kappa shape index (κ1) is 46.8. The molecule has 2 aromatic rings. The number of ether oxygens (including phenoxy) is 1. The number of nitrogens with zero attached hydrogens (tertiary/aromatic N) is 2. The van der Waals surface area contributed by atoms with Crippen molar-refractivity contribution >= 4 is 40.8 Å². The third-order valence-electron chi connectivity index (χ3n) is 11.1. The molecule has 3 rings (SSSR count). The average Bonchev–Trinajstić information content (AvgIpc) is 3.65. The fourth-order valence-electron chi connectivity index (χ4n) is 7.46. The van der Waals surface area contributed by atoms with E-state index in [0.717, 1.165) is 57.2 Å². The van der Waals surface area contributed by atoms with E-state index in [1.54, 1.807) is 31.4 Å². The second kappa shape index (κ2) is 23.0. The summed E-state index contributed by atoms with van der Waals surface area (Å²) in [4.78, 5) is 59.9. The number of rotatable bonds is 24. The zero-order valence-corrected chi connectivity index (χ0v) is 36.0. The summed E-state index contributed by atoms with van der Waals surface area (Å²) < 4.78 is 5.94. The van der Waals surface area contributed by atoms with E-state index < -0.39 is 35.4 Å². The maximum atomic E-state index is 14.8. The molecule has 0 bridgehead atoms. The van der Waals surface area contributed by atoms with Gasteiger partial charge >= 0.3 is 11.9 Å². The van der Waals surface area contributed by atoms with E-state index in [0.29, 0.717) is 36.1 Å². The van der Waals surface area contributed by atoms with E-state index in [4.69, 9.17) is 15.5 Å². The number of nitrogens with one attached hydrogen (secondary N) is 3. The van der Waals surface area contributed by atoms with Gasteiger partial charge in [-0.05, 0) is 82.0 Å². The summed E-state index contributed by atoms with van der Waals surface area (Å²) in [6, 6.07) is 6.49. The van der Waals surface area contributed by atoms with E-state index in [2.05, 4.69) is 50.6 Å². The quantitative estimate of drug-likeness (QED) is 0.0417. The number of amides is 2. The lowest BCUT2D eigenvalue weighted by molar-refractivity contribution is -0.149. The van der Waals surface area contributed by atoms with E-state index in [1.165, 1.54) is 31.1 Å². The van der Waals surface area contributed by atoms with E-state index in [9.17, 15) is 24.3 Å². The van der Waals surface area contributed by atoms with Crippen molar-refractivity contribution in [3.05, 3.63) is 45.9 Å². The van der Waals surface area contributed by atoms with Gasteiger partial charge < -0.3 is 36.4 Å². The Morgan fingerprint density at radius 2 is 1.80 bits per heavy atom. The molecule has 1 aliphatic rings. The van der Waals surface area contributed by atoms with Crippen LogP contribution in [-0.4, -0.2) is 82.5 Å². The molecule has 6 N–H and O–H groups in total. The molecule has 56 heavy (non-hydrogen) atoms. The van der Waals surface area contributed by atoms with Crippen LogP contribution in [0.1, 0.15) is 147 Å². The van der Waals surface area contributed by atoms with Crippen LogP contribution >= 0.6 is 11.3 Å². The Morgan fingerprint density at radius 3 is 2.39 bits per heavy atom. The number of hydrogen-bond acceptors (Lipinski definition) is 10. The number of piperidine rings is 1. The number of anilines is 1. The highest BCUT2D eigenvalue weighted by Gasteiger charge is 2.37. The molecule has 1 saturated heterocycles. The van der Waals surface area contributed by atoms with Crippen molar-refractivity contribution < 1.29 is 29.0 Å². The van der Waals surface area contributed by atoms with E-state index >= 15 is 0 Å². The van der Waals surface area contributed by atoms with Gasteiger partial charge in [0, 0.05) is 55.6 Å². The average molecular weight is 799 g/mol. The van der Waals surface area contributed by atoms with Gasteiger partial charge in [-0.3, -0.25) is 19.2 Å². The first-order chi connectivity index (χ1) is 26.6. The third kappa shape index (κ3) is 14.8. The van der Waals surface area contributed by atoms with Gasteiger partial charge in [-0.2, -0.15) is 0 Å². The molecule has 12 nitrogen and oxygen atoms in total. The highest BCUT2D eigenvalue weighted by atomic mass is 32.1. The molecule has 0 radical (unpaired) electrons. The van der Waals surface area contributed by atoms with Crippen molar-refractivity contribution in [2.45, 2.75) is 156 Å². The number of nitrogen functional groups attached to an aromatic ring is 1. The summed E-state index contributed by atoms with van der Waals surface area (Å²) in [5, 5.41) is 22.3. The normalized spacial score (nSPS) is 17.4. The molecule has 2 heterocycles. The smallest absolute Gasteiger partial charge is 0.309 e. The van der Waals surface area contributed by atoms with Crippen LogP contribution in [0, 0.1) is 17.3 Å². The first-order valence-corrected chi connectivity index (χ1v) is 21.7. The topological polar surface area (TPSA) is 176 Å². The fourth-order valence-corrected chi connectivity index (χ4v) is 8.29. The van der Waals surface area contributed by atoms with Crippen molar-refractivity contribution in [1.29, 1.82) is 0 Å². The minimum absolute atomic E-state index is 0.0372. The Kier molecular flexibility index (Phi) is 19.2. The minimum atomic E-state index is -1.10. The molecule has 1 aromatic heterocycles. The van der Waals surface area contributed by atoms with Crippen molar-refractivity contribution in [3.8, 4) is 0 Å². The zero-order valence-electron chi connectivity index (χ0n) is 35.2. The molecule has 1 aliphatic heterocycles. The van der Waals surface area contributed by atoms with Crippen molar-refractivity contribution in [2.24, 2.45) is 17.3 Å². The number of esters is 1. The molecule has 0 saturated carbocycles. The van der Waals surface area contributed by atoms with Gasteiger partial charge in [0.05, 0.1) is 11.5 Å². The Bertz CT molecular complexity index is 1520. The van der Waals surface area contributed by atoms with Crippen molar-refractivity contribution in [3.63, 3.8) is 0 Å². The molecule has 1 fully saturated rings. The maximum Gasteiger partial charge on any atom is 0.309 e. The highest BCUT2D eigenvalue weighted by Crippen LogP contribution is 2.32. The number of unbranched alkanes of at least 4 members (excludes halogenated alkanes) is 3. The van der Waals surface area contributed by atoms with Crippen LogP contribution in [-0.2, 0) is 25.5 Å². The van der Waals surface area contributed by atoms with Gasteiger partial charge in [0.15, 0.2) is 6.10 Å². The van der Waals surface area contributed by atoms with Gasteiger partial charge in [0.25, 0.3) is 5.91 Å². The Balaban J connectivity index is 1.90. The van der Waals surface area contributed by atoms with Crippen LogP contribution in [0.5, 0.6) is 0 Å². The standard InChI is InChI=1S/C43H70N6O6S/c1-9-11-12-15-22-49(41(52)38(29(5)10-2)46-26-33-16-13-14-21-45-33)36(28(3)4)24-37(55-30(6)50)40-48-35(27-56-40)39(51)47-34(25-43(7,8)42(53)54)23-31-17-19-32(44)20-18-31/h17-20,27-29,33-34,36-38,45-46H,9-16,21-26,44H2,1-8H3,(H,47,51)(H,53,54)/t29-,33?,34-,36+,37+,38-/m0/s1. The van der Waals surface area contributed by atoms with Crippen molar-refractivity contribution in [1.82, 2.24) is 25.8 Å². The van der Waals surface area contributed by atoms with Crippen LogP contribution in [0.3, 0.4) is 0 Å². The predicted molar refractivity (Wildman–Crippen MR) is 224 cm³/mol. The number of carboxylic acids is 1. The lowest BCUT2D eigenvalue weighted by Crippen LogP contribution is -2.56. The van der Waals surface area contributed by atoms with Gasteiger partial charge in [-0.15, -0.1) is 11.3 Å². The zero-order chi connectivity index (χ0) is 41.4. The second-order valence-electron chi connectivity index (χ2n) is 16.7. The third-order valence-corrected chi connectivity index (χ3v) is 12.0. The fraction of sp³-hybridized carbons (Fsp3) is 0.698. The van der Waals surface area contributed by atoms with Gasteiger partial charge in [-0.25, -0.2) is 4.98 Å². The number of nitrogens with two attached hydrogens (primary N) is 1. The summed E-state index contributed by atoms with van der Waals surface area (Å²) in [5.74, 6) is -1.65. The van der Waals surface area contributed by atoms with Crippen LogP contribution in [0.25, 0.3) is 0 Å². The van der Waals surface area contributed by atoms with E-state index in [1.807, 2.05) is 17.0 Å². The number of aliphatic carboxylic acids is 1. The Hall–Kier alpha value is -3.55. The van der Waals surface area contributed by atoms with Crippen LogP contribution in [0.2, 0.25) is 0 Å². The number of benzene rings is 1. The number of carbonyl (C=O) groups is 4. The van der Waals surface area contributed by atoms with Crippen LogP contribution in [0.4, 0.5) is 5.69 Å². The molecule has 0 aliphatic carbocycles. The number of carbonyl (C=O) groups excluding carboxylic acids is 3. The minimum Gasteiger partial charge on any atom is -0.481 e. The molecule has 314 valence electrons. The SMILES string of the molecule is CCCCCCN(C(=O)[C@@H](NCC1CCCCN1)[C@@H](C)CC)[C@H](C[C@@H](OC(C)=O)c1nc(C(=O)N[C@@H](Cc2ccc(N)cc2)CC(C)(C)C(=O)O)cs1)C(C)C. The maximum absolute atomic E-state index is 14.8. The number of aromatic nitrogens is 1. The monoisotopic (exact) mass is 799 g/mol. The second-order valence-corrected chi connectivity index (χ2v) is 17.6. The molecule has 0 spiro atoms. The number of carboxylic acid groups (broad SMARTS) is 1. The molecular formula is C43H70N6O6S. The van der Waals surface area contributed by atoms with Crippen LogP contribution < -0.4 is 21.7 Å². The molecule has 13 heteroatoms. The molecular weight excluding hydrogens is 729 g/mol. The van der Waals surface area contributed by atoms with Crippen LogP contribution in [0.15, 0.2) is 29.6 Å². The summed E-state index contributed by atoms with van der Waals surface area (Å²) in [6.07, 6.45) is 8.50. The lowest BCUT2D eigenvalue weighted by Gasteiger charge is -2.40. The first-order valence-electron chi connectivity index (χ1n) is 20.8. The largest absolute Gasteiger partial charge is 0.481 e. The Labute approximate surface area is 339 Å². The summed E-state index contributed by atoms with van der Waals surface area (Å²) in [5.41, 5.74) is 6.46. The molecule has 2 amide bonds.